The highest BCUT2D eigenvalue weighted by Gasteiger charge is 2.26. The number of ether oxygens (including phenoxy) is 2. The van der Waals surface area contributed by atoms with Gasteiger partial charge in [0.1, 0.15) is 28.9 Å². The molecule has 4 heterocycles. The van der Waals surface area contributed by atoms with Gasteiger partial charge in [0.2, 0.25) is 0 Å². The van der Waals surface area contributed by atoms with E-state index in [1.807, 2.05) is 16.8 Å². The Balaban J connectivity index is 1.74. The van der Waals surface area contributed by atoms with Crippen LogP contribution in [-0.2, 0) is 15.0 Å². The smallest absolute Gasteiger partial charge is 0.157 e. The number of nitrogens with zero attached hydrogens (tertiary/aromatic N) is 5. The second-order valence-electron chi connectivity index (χ2n) is 7.77. The Morgan fingerprint density at radius 1 is 1.32 bits per heavy atom. The molecule has 0 bridgehead atoms. The highest BCUT2D eigenvalue weighted by molar-refractivity contribution is 5.75. The summed E-state index contributed by atoms with van der Waals surface area (Å²) in [5.41, 5.74) is 2.20. The van der Waals surface area contributed by atoms with Crippen molar-refractivity contribution in [3.8, 4) is 0 Å². The number of aromatic nitrogens is 5. The van der Waals surface area contributed by atoms with E-state index in [2.05, 4.69) is 49.2 Å². The Labute approximate surface area is 164 Å². The molecule has 0 unspecified atom stereocenters. The minimum Gasteiger partial charge on any atom is -0.495 e. The summed E-state index contributed by atoms with van der Waals surface area (Å²) >= 11 is 0. The Hall–Kier alpha value is -2.87. The summed E-state index contributed by atoms with van der Waals surface area (Å²) in [5, 5.41) is 12.7. The Morgan fingerprint density at radius 3 is 2.82 bits per heavy atom. The molecular weight excluding hydrogens is 356 g/mol. The highest BCUT2D eigenvalue weighted by atomic mass is 16.5. The van der Waals surface area contributed by atoms with Crippen molar-refractivity contribution in [2.45, 2.75) is 38.8 Å². The van der Waals surface area contributed by atoms with Gasteiger partial charge in [-0.3, -0.25) is 0 Å². The standard InChI is InChI=1S/C20H25N6O2/c1-13(27-5)14-11-16-19(21-8-9-25(16)23-14)22-18-12-15(17-7-6-10-28-17)24-26(18)20(2,3)4/h6,8-9,11-12,17H,1,7,10H2,2-5H3,(H,21,22)/t17-/m1/s1. The summed E-state index contributed by atoms with van der Waals surface area (Å²) in [4.78, 5) is 4.51. The molecule has 147 valence electrons. The first-order valence-electron chi connectivity index (χ1n) is 9.25. The van der Waals surface area contributed by atoms with Gasteiger partial charge in [0.05, 0.1) is 24.9 Å². The van der Waals surface area contributed by atoms with Crippen LogP contribution in [0.3, 0.4) is 0 Å². The van der Waals surface area contributed by atoms with E-state index in [-0.39, 0.29) is 11.6 Å². The number of methoxy groups -OCH3 is 1. The van der Waals surface area contributed by atoms with E-state index in [1.54, 1.807) is 24.0 Å². The lowest BCUT2D eigenvalue weighted by atomic mass is 10.1. The molecule has 1 aliphatic rings. The van der Waals surface area contributed by atoms with E-state index in [9.17, 15) is 0 Å². The molecule has 1 radical (unpaired) electrons. The van der Waals surface area contributed by atoms with Crippen LogP contribution in [-0.4, -0.2) is 38.1 Å². The lowest BCUT2D eigenvalue weighted by Crippen LogP contribution is -2.25. The van der Waals surface area contributed by atoms with Crippen molar-refractivity contribution in [3.63, 3.8) is 0 Å². The number of hydrogen-bond donors (Lipinski definition) is 1. The first-order chi connectivity index (χ1) is 13.4. The van der Waals surface area contributed by atoms with E-state index in [0.717, 1.165) is 23.4 Å². The molecule has 1 atom stereocenters. The molecule has 0 spiro atoms. The molecule has 0 aromatic carbocycles. The summed E-state index contributed by atoms with van der Waals surface area (Å²) in [6.45, 7) is 10.9. The molecule has 8 heteroatoms. The van der Waals surface area contributed by atoms with Gasteiger partial charge in [-0.1, -0.05) is 6.58 Å². The normalized spacial score (nSPS) is 17.2. The molecule has 0 saturated carbocycles. The lowest BCUT2D eigenvalue weighted by Gasteiger charge is -2.22. The van der Waals surface area contributed by atoms with Crippen molar-refractivity contribution in [2.75, 3.05) is 19.0 Å². The topological polar surface area (TPSA) is 78.5 Å². The van der Waals surface area contributed by atoms with Gasteiger partial charge in [0.25, 0.3) is 0 Å². The number of rotatable bonds is 5. The summed E-state index contributed by atoms with van der Waals surface area (Å²) in [6, 6.07) is 3.93. The largest absolute Gasteiger partial charge is 0.495 e. The molecule has 1 saturated heterocycles. The van der Waals surface area contributed by atoms with Gasteiger partial charge in [-0.25, -0.2) is 14.2 Å². The second kappa shape index (κ2) is 6.94. The maximum absolute atomic E-state index is 5.77. The van der Waals surface area contributed by atoms with Crippen molar-refractivity contribution >= 4 is 22.9 Å². The average molecular weight is 381 g/mol. The van der Waals surface area contributed by atoms with Crippen LogP contribution in [0.25, 0.3) is 11.3 Å². The zero-order chi connectivity index (χ0) is 19.9. The minimum absolute atomic E-state index is 0.000465. The third-order valence-electron chi connectivity index (χ3n) is 4.66. The fourth-order valence-corrected chi connectivity index (χ4v) is 3.22. The Bertz CT molecular complexity index is 1010. The fraction of sp³-hybridized carbons (Fsp3) is 0.400. The van der Waals surface area contributed by atoms with Gasteiger partial charge in [0.15, 0.2) is 5.82 Å². The summed E-state index contributed by atoms with van der Waals surface area (Å²) < 4.78 is 14.7. The number of nitrogens with one attached hydrogen (secondary N) is 1. The summed E-state index contributed by atoms with van der Waals surface area (Å²) in [6.07, 6.45) is 6.50. The quantitative estimate of drug-likeness (QED) is 0.679. The molecular formula is C20H25N6O2. The third kappa shape index (κ3) is 3.35. The molecule has 1 aliphatic heterocycles. The number of fused-ring (bicyclic) bond motifs is 1. The maximum Gasteiger partial charge on any atom is 0.157 e. The van der Waals surface area contributed by atoms with Crippen molar-refractivity contribution in [1.82, 2.24) is 24.4 Å². The van der Waals surface area contributed by atoms with Crippen LogP contribution >= 0.6 is 0 Å². The summed E-state index contributed by atoms with van der Waals surface area (Å²) in [5.74, 6) is 2.04. The van der Waals surface area contributed by atoms with E-state index < -0.39 is 0 Å². The van der Waals surface area contributed by atoms with Gasteiger partial charge in [-0.05, 0) is 39.7 Å². The molecule has 4 rings (SSSR count). The fourth-order valence-electron chi connectivity index (χ4n) is 3.22. The molecule has 1 fully saturated rings. The second-order valence-corrected chi connectivity index (χ2v) is 7.77. The van der Waals surface area contributed by atoms with Gasteiger partial charge < -0.3 is 14.8 Å². The number of anilines is 2. The van der Waals surface area contributed by atoms with Gasteiger partial charge in [-0.2, -0.15) is 10.2 Å². The molecule has 1 N–H and O–H groups in total. The number of hydrogen-bond acceptors (Lipinski definition) is 6. The average Bonchev–Trinajstić information content (AvgIpc) is 3.38. The van der Waals surface area contributed by atoms with Crippen LogP contribution in [0, 0.1) is 6.42 Å². The molecule has 0 aliphatic carbocycles. The molecule has 3 aromatic rings. The van der Waals surface area contributed by atoms with Crippen molar-refractivity contribution in [2.24, 2.45) is 0 Å². The van der Waals surface area contributed by atoms with Crippen LogP contribution in [0.4, 0.5) is 11.6 Å². The van der Waals surface area contributed by atoms with Gasteiger partial charge >= 0.3 is 0 Å². The SMILES string of the molecule is C=C(OC)c1cc2c(Nc3cc([C@H]4C[CH]CO4)nn3C(C)(C)C)nccn2n1. The highest BCUT2D eigenvalue weighted by Crippen LogP contribution is 2.32. The third-order valence-corrected chi connectivity index (χ3v) is 4.66. The lowest BCUT2D eigenvalue weighted by molar-refractivity contribution is 0.110. The first kappa shape index (κ1) is 18.5. The zero-order valence-corrected chi connectivity index (χ0v) is 16.6. The molecule has 3 aromatic heterocycles. The van der Waals surface area contributed by atoms with Crippen LogP contribution in [0.5, 0.6) is 0 Å². The van der Waals surface area contributed by atoms with Crippen LogP contribution in [0.2, 0.25) is 0 Å². The van der Waals surface area contributed by atoms with Crippen LogP contribution in [0.1, 0.15) is 44.7 Å². The predicted octanol–water partition coefficient (Wildman–Crippen LogP) is 3.71. The minimum atomic E-state index is -0.205. The zero-order valence-electron chi connectivity index (χ0n) is 16.6. The van der Waals surface area contributed by atoms with E-state index in [1.165, 1.54) is 0 Å². The Morgan fingerprint density at radius 2 is 2.14 bits per heavy atom. The maximum atomic E-state index is 5.77. The van der Waals surface area contributed by atoms with E-state index >= 15 is 0 Å². The van der Waals surface area contributed by atoms with Crippen LogP contribution in [0.15, 0.2) is 31.1 Å². The molecule has 8 nitrogen and oxygen atoms in total. The van der Waals surface area contributed by atoms with E-state index in [4.69, 9.17) is 14.6 Å². The predicted molar refractivity (Wildman–Crippen MR) is 107 cm³/mol. The van der Waals surface area contributed by atoms with Crippen LogP contribution < -0.4 is 5.32 Å². The summed E-state index contributed by atoms with van der Waals surface area (Å²) in [7, 11) is 1.58. The van der Waals surface area contributed by atoms with Crippen molar-refractivity contribution in [3.05, 3.63) is 48.9 Å². The van der Waals surface area contributed by atoms with Gasteiger partial charge in [-0.15, -0.1) is 0 Å². The molecule has 0 amide bonds. The van der Waals surface area contributed by atoms with Crippen molar-refractivity contribution in [1.29, 1.82) is 0 Å². The van der Waals surface area contributed by atoms with Crippen molar-refractivity contribution < 1.29 is 9.47 Å². The van der Waals surface area contributed by atoms with E-state index in [0.29, 0.717) is 23.9 Å². The monoisotopic (exact) mass is 381 g/mol. The van der Waals surface area contributed by atoms with Gasteiger partial charge in [0, 0.05) is 18.5 Å². The first-order valence-corrected chi connectivity index (χ1v) is 9.25. The Kier molecular flexibility index (Phi) is 4.58. The molecule has 28 heavy (non-hydrogen) atoms.